The summed E-state index contributed by atoms with van der Waals surface area (Å²) in [7, 11) is 0. The highest BCUT2D eigenvalue weighted by atomic mass is 16.2. The third kappa shape index (κ3) is 3.25. The molecule has 1 N–H and O–H groups in total. The van der Waals surface area contributed by atoms with Crippen LogP contribution in [-0.2, 0) is 17.9 Å². The molecule has 2 aromatic carbocycles. The quantitative estimate of drug-likeness (QED) is 0.606. The Labute approximate surface area is 143 Å². The Morgan fingerprint density at radius 2 is 1.72 bits per heavy atom. The van der Waals surface area contributed by atoms with Crippen LogP contribution in [0.25, 0.3) is 16.7 Å². The number of nitrogens with zero attached hydrogens (tertiary/aromatic N) is 5. The molecule has 0 saturated heterocycles. The van der Waals surface area contributed by atoms with Crippen LogP contribution in [-0.4, -0.2) is 30.5 Å². The number of carbonyl (C=O) groups is 1. The molecule has 0 aliphatic rings. The van der Waals surface area contributed by atoms with Crippen LogP contribution in [0.1, 0.15) is 5.56 Å². The second-order valence-corrected chi connectivity index (χ2v) is 5.59. The maximum absolute atomic E-state index is 12.2. The number of rotatable bonds is 5. The van der Waals surface area contributed by atoms with E-state index in [-0.39, 0.29) is 12.5 Å². The number of carbonyl (C=O) groups excluding carboxylic acids is 1. The van der Waals surface area contributed by atoms with Gasteiger partial charge in [-0.25, -0.2) is 4.98 Å². The molecule has 4 rings (SSSR count). The summed E-state index contributed by atoms with van der Waals surface area (Å²) >= 11 is 0. The molecule has 7 heteroatoms. The lowest BCUT2D eigenvalue weighted by molar-refractivity contribution is -0.122. The highest BCUT2D eigenvalue weighted by molar-refractivity contribution is 5.77. The fourth-order valence-electron chi connectivity index (χ4n) is 2.67. The molecule has 0 spiro atoms. The first-order valence-electron chi connectivity index (χ1n) is 7.92. The van der Waals surface area contributed by atoms with Gasteiger partial charge in [0.2, 0.25) is 5.91 Å². The van der Waals surface area contributed by atoms with Crippen LogP contribution in [0.5, 0.6) is 0 Å². The molecule has 0 unspecified atom stereocenters. The van der Waals surface area contributed by atoms with Gasteiger partial charge in [0.25, 0.3) is 0 Å². The zero-order valence-corrected chi connectivity index (χ0v) is 13.4. The van der Waals surface area contributed by atoms with Gasteiger partial charge in [0.05, 0.1) is 12.0 Å². The smallest absolute Gasteiger partial charge is 0.243 e. The van der Waals surface area contributed by atoms with Crippen LogP contribution >= 0.6 is 0 Å². The van der Waals surface area contributed by atoms with Crippen molar-refractivity contribution in [1.82, 2.24) is 29.9 Å². The Kier molecular flexibility index (Phi) is 3.96. The summed E-state index contributed by atoms with van der Waals surface area (Å²) < 4.78 is 1.92. The van der Waals surface area contributed by atoms with E-state index in [1.165, 1.54) is 4.80 Å². The summed E-state index contributed by atoms with van der Waals surface area (Å²) in [5.74, 6) is -0.138. The van der Waals surface area contributed by atoms with Crippen molar-refractivity contribution in [3.63, 3.8) is 0 Å². The summed E-state index contributed by atoms with van der Waals surface area (Å²) in [5, 5.41) is 11.5. The Morgan fingerprint density at radius 1 is 1.00 bits per heavy atom. The standard InChI is InChI=1S/C18H16N6O/c25-18(12-24-21-15-6-2-3-7-16(15)22-24)20-11-14-5-1-4-8-17(14)23-10-9-19-13-23/h1-10,13H,11-12H2,(H,20,25). The van der Waals surface area contributed by atoms with E-state index in [9.17, 15) is 4.79 Å². The van der Waals surface area contributed by atoms with Crippen LogP contribution < -0.4 is 5.32 Å². The van der Waals surface area contributed by atoms with Crippen LogP contribution in [0.4, 0.5) is 0 Å². The SMILES string of the molecule is O=C(Cn1nc2ccccc2n1)NCc1ccccc1-n1ccnc1. The predicted octanol–water partition coefficient (Wildman–Crippen LogP) is 1.93. The molecule has 4 aromatic rings. The molecule has 25 heavy (non-hydrogen) atoms. The molecule has 2 heterocycles. The van der Waals surface area contributed by atoms with Crippen LogP contribution in [0.3, 0.4) is 0 Å². The first-order valence-corrected chi connectivity index (χ1v) is 7.92. The van der Waals surface area contributed by atoms with E-state index in [1.807, 2.05) is 59.3 Å². The van der Waals surface area contributed by atoms with Gasteiger partial charge in [-0.2, -0.15) is 15.0 Å². The minimum absolute atomic E-state index is 0.0852. The van der Waals surface area contributed by atoms with Crippen molar-refractivity contribution < 1.29 is 4.79 Å². The van der Waals surface area contributed by atoms with Gasteiger partial charge in [-0.05, 0) is 23.8 Å². The lowest BCUT2D eigenvalue weighted by Gasteiger charge is -2.11. The summed E-state index contributed by atoms with van der Waals surface area (Å²) in [6.07, 6.45) is 5.34. The highest BCUT2D eigenvalue weighted by Gasteiger charge is 2.09. The number of aromatic nitrogens is 5. The lowest BCUT2D eigenvalue weighted by Crippen LogP contribution is -2.28. The first kappa shape index (κ1) is 15.1. The zero-order chi connectivity index (χ0) is 17.1. The van der Waals surface area contributed by atoms with E-state index in [0.717, 1.165) is 22.3 Å². The molecule has 7 nitrogen and oxygen atoms in total. The number of para-hydroxylation sites is 1. The minimum Gasteiger partial charge on any atom is -0.350 e. The van der Waals surface area contributed by atoms with Gasteiger partial charge >= 0.3 is 0 Å². The fourth-order valence-corrected chi connectivity index (χ4v) is 2.67. The monoisotopic (exact) mass is 332 g/mol. The molecule has 0 radical (unpaired) electrons. The lowest BCUT2D eigenvalue weighted by atomic mass is 10.1. The van der Waals surface area contributed by atoms with Gasteiger partial charge in [0.15, 0.2) is 0 Å². The normalized spacial score (nSPS) is 10.9. The third-order valence-corrected chi connectivity index (χ3v) is 3.86. The maximum Gasteiger partial charge on any atom is 0.243 e. The van der Waals surface area contributed by atoms with E-state index in [4.69, 9.17) is 0 Å². The van der Waals surface area contributed by atoms with Crippen molar-refractivity contribution in [2.75, 3.05) is 0 Å². The Hall–Kier alpha value is -3.48. The molecule has 2 aromatic heterocycles. The van der Waals surface area contributed by atoms with Gasteiger partial charge in [0, 0.05) is 18.9 Å². The van der Waals surface area contributed by atoms with E-state index in [2.05, 4.69) is 20.5 Å². The fraction of sp³-hybridized carbons (Fsp3) is 0.111. The molecular formula is C18H16N6O. The number of hydrogen-bond acceptors (Lipinski definition) is 4. The highest BCUT2D eigenvalue weighted by Crippen LogP contribution is 2.13. The van der Waals surface area contributed by atoms with E-state index >= 15 is 0 Å². The number of amides is 1. The van der Waals surface area contributed by atoms with Crippen molar-refractivity contribution in [2.24, 2.45) is 0 Å². The Bertz CT molecular complexity index is 972. The first-order chi connectivity index (χ1) is 12.3. The Balaban J connectivity index is 1.44. The number of fused-ring (bicyclic) bond motifs is 1. The van der Waals surface area contributed by atoms with Crippen molar-refractivity contribution in [1.29, 1.82) is 0 Å². The molecule has 0 aliphatic carbocycles. The Morgan fingerprint density at radius 3 is 2.44 bits per heavy atom. The van der Waals surface area contributed by atoms with Crippen molar-refractivity contribution in [3.05, 3.63) is 72.8 Å². The minimum atomic E-state index is -0.138. The van der Waals surface area contributed by atoms with Crippen LogP contribution in [0.2, 0.25) is 0 Å². The van der Waals surface area contributed by atoms with Gasteiger partial charge in [0.1, 0.15) is 17.6 Å². The third-order valence-electron chi connectivity index (χ3n) is 3.86. The van der Waals surface area contributed by atoms with Gasteiger partial charge in [-0.1, -0.05) is 30.3 Å². The van der Waals surface area contributed by atoms with Crippen molar-refractivity contribution in [3.8, 4) is 5.69 Å². The predicted molar refractivity (Wildman–Crippen MR) is 92.9 cm³/mol. The molecule has 124 valence electrons. The molecular weight excluding hydrogens is 316 g/mol. The van der Waals surface area contributed by atoms with Crippen LogP contribution in [0.15, 0.2) is 67.3 Å². The number of imidazole rings is 1. The topological polar surface area (TPSA) is 77.6 Å². The molecule has 0 saturated carbocycles. The molecule has 0 atom stereocenters. The molecule has 0 aliphatic heterocycles. The zero-order valence-electron chi connectivity index (χ0n) is 13.4. The number of benzene rings is 2. The van der Waals surface area contributed by atoms with E-state index in [0.29, 0.717) is 6.54 Å². The van der Waals surface area contributed by atoms with Gasteiger partial charge in [-0.15, -0.1) is 0 Å². The number of nitrogens with one attached hydrogen (secondary N) is 1. The second kappa shape index (κ2) is 6.56. The molecule has 0 bridgehead atoms. The molecule has 1 amide bonds. The second-order valence-electron chi connectivity index (χ2n) is 5.59. The molecule has 0 fully saturated rings. The van der Waals surface area contributed by atoms with E-state index < -0.39 is 0 Å². The van der Waals surface area contributed by atoms with Crippen LogP contribution in [0, 0.1) is 0 Å². The summed E-state index contributed by atoms with van der Waals surface area (Å²) in [5.41, 5.74) is 3.55. The average Bonchev–Trinajstić information content (AvgIpc) is 3.29. The van der Waals surface area contributed by atoms with E-state index in [1.54, 1.807) is 12.5 Å². The van der Waals surface area contributed by atoms with Gasteiger partial charge in [-0.3, -0.25) is 4.79 Å². The average molecular weight is 332 g/mol. The summed E-state index contributed by atoms with van der Waals surface area (Å²) in [6, 6.07) is 15.4. The summed E-state index contributed by atoms with van der Waals surface area (Å²) in [4.78, 5) is 17.7. The van der Waals surface area contributed by atoms with Gasteiger partial charge < -0.3 is 9.88 Å². The summed E-state index contributed by atoms with van der Waals surface area (Å²) in [6.45, 7) is 0.510. The van der Waals surface area contributed by atoms with Crippen molar-refractivity contribution in [2.45, 2.75) is 13.1 Å². The van der Waals surface area contributed by atoms with Crippen molar-refractivity contribution >= 4 is 16.9 Å². The largest absolute Gasteiger partial charge is 0.350 e. The maximum atomic E-state index is 12.2. The number of hydrogen-bond donors (Lipinski definition) is 1.